The quantitative estimate of drug-likeness (QED) is 0.704. The molecule has 0 radical (unpaired) electrons. The summed E-state index contributed by atoms with van der Waals surface area (Å²) < 4.78 is 5.61. The minimum absolute atomic E-state index is 0.218. The molecule has 1 heterocycles. The number of aliphatic hydroxyl groups is 1. The summed E-state index contributed by atoms with van der Waals surface area (Å²) in [6.45, 7) is 5.77. The lowest BCUT2D eigenvalue weighted by Crippen LogP contribution is -2.37. The molecule has 1 fully saturated rings. The van der Waals surface area contributed by atoms with Crippen molar-refractivity contribution in [2.45, 2.75) is 57.8 Å². The van der Waals surface area contributed by atoms with Crippen LogP contribution in [0, 0.1) is 0 Å². The Labute approximate surface area is 86.8 Å². The second-order valence-corrected chi connectivity index (χ2v) is 4.38. The van der Waals surface area contributed by atoms with Crippen molar-refractivity contribution in [1.29, 1.82) is 0 Å². The molecule has 3 atom stereocenters. The Morgan fingerprint density at radius 1 is 1.43 bits per heavy atom. The molecule has 3 unspecified atom stereocenters. The lowest BCUT2D eigenvalue weighted by Gasteiger charge is -2.25. The van der Waals surface area contributed by atoms with Crippen LogP contribution in [-0.2, 0) is 4.74 Å². The van der Waals surface area contributed by atoms with E-state index >= 15 is 0 Å². The van der Waals surface area contributed by atoms with Crippen LogP contribution in [0.15, 0.2) is 0 Å². The largest absolute Gasteiger partial charge is 0.393 e. The predicted molar refractivity (Wildman–Crippen MR) is 57.4 cm³/mol. The van der Waals surface area contributed by atoms with Crippen molar-refractivity contribution in [1.82, 2.24) is 5.32 Å². The van der Waals surface area contributed by atoms with Gasteiger partial charge in [-0.2, -0.15) is 0 Å². The SMILES string of the molecule is CC(O)CC(C)NCC1CCCCO1. The van der Waals surface area contributed by atoms with Crippen LogP contribution in [0.2, 0.25) is 0 Å². The van der Waals surface area contributed by atoms with E-state index < -0.39 is 0 Å². The fourth-order valence-corrected chi connectivity index (χ4v) is 1.90. The molecule has 1 rings (SSSR count). The Hall–Kier alpha value is -0.120. The second kappa shape index (κ2) is 6.38. The highest BCUT2D eigenvalue weighted by Gasteiger charge is 2.14. The second-order valence-electron chi connectivity index (χ2n) is 4.38. The zero-order valence-electron chi connectivity index (χ0n) is 9.33. The zero-order chi connectivity index (χ0) is 10.4. The minimum atomic E-state index is -0.218. The van der Waals surface area contributed by atoms with Crippen molar-refractivity contribution in [2.24, 2.45) is 0 Å². The van der Waals surface area contributed by atoms with Gasteiger partial charge in [0.1, 0.15) is 0 Å². The van der Waals surface area contributed by atoms with Crippen molar-refractivity contribution in [3.63, 3.8) is 0 Å². The monoisotopic (exact) mass is 201 g/mol. The summed E-state index contributed by atoms with van der Waals surface area (Å²) in [6, 6.07) is 0.375. The number of nitrogens with one attached hydrogen (secondary N) is 1. The Morgan fingerprint density at radius 3 is 2.79 bits per heavy atom. The van der Waals surface area contributed by atoms with Gasteiger partial charge in [0.05, 0.1) is 12.2 Å². The highest BCUT2D eigenvalue weighted by Crippen LogP contribution is 2.12. The molecule has 0 saturated carbocycles. The number of ether oxygens (including phenoxy) is 1. The van der Waals surface area contributed by atoms with E-state index in [0.717, 1.165) is 19.6 Å². The molecule has 0 aliphatic carbocycles. The van der Waals surface area contributed by atoms with E-state index in [1.807, 2.05) is 6.92 Å². The van der Waals surface area contributed by atoms with Crippen molar-refractivity contribution in [3.05, 3.63) is 0 Å². The molecule has 0 aromatic carbocycles. The minimum Gasteiger partial charge on any atom is -0.393 e. The molecular weight excluding hydrogens is 178 g/mol. The van der Waals surface area contributed by atoms with Crippen molar-refractivity contribution in [3.8, 4) is 0 Å². The molecule has 2 N–H and O–H groups in total. The third-order valence-electron chi connectivity index (χ3n) is 2.66. The highest BCUT2D eigenvalue weighted by molar-refractivity contribution is 4.70. The molecule has 1 aliphatic heterocycles. The molecule has 84 valence electrons. The van der Waals surface area contributed by atoms with Gasteiger partial charge in [-0.1, -0.05) is 0 Å². The van der Waals surface area contributed by atoms with E-state index in [-0.39, 0.29) is 6.10 Å². The molecule has 0 amide bonds. The zero-order valence-corrected chi connectivity index (χ0v) is 9.33. The molecule has 0 aromatic rings. The average molecular weight is 201 g/mol. The summed E-state index contributed by atoms with van der Waals surface area (Å²) >= 11 is 0. The van der Waals surface area contributed by atoms with Crippen LogP contribution in [0.4, 0.5) is 0 Å². The van der Waals surface area contributed by atoms with Crippen LogP contribution in [0.1, 0.15) is 39.5 Å². The van der Waals surface area contributed by atoms with Gasteiger partial charge in [0.25, 0.3) is 0 Å². The summed E-state index contributed by atoms with van der Waals surface area (Å²) in [6.07, 6.45) is 4.66. The lowest BCUT2D eigenvalue weighted by atomic mass is 10.1. The topological polar surface area (TPSA) is 41.5 Å². The van der Waals surface area contributed by atoms with Gasteiger partial charge >= 0.3 is 0 Å². The van der Waals surface area contributed by atoms with Crippen LogP contribution >= 0.6 is 0 Å². The van der Waals surface area contributed by atoms with Gasteiger partial charge < -0.3 is 15.2 Å². The third-order valence-corrected chi connectivity index (χ3v) is 2.66. The normalized spacial score (nSPS) is 27.2. The number of rotatable bonds is 5. The van der Waals surface area contributed by atoms with Crippen LogP contribution in [0.3, 0.4) is 0 Å². The van der Waals surface area contributed by atoms with E-state index in [0.29, 0.717) is 12.1 Å². The molecule has 0 bridgehead atoms. The lowest BCUT2D eigenvalue weighted by molar-refractivity contribution is 0.0147. The average Bonchev–Trinajstić information content (AvgIpc) is 2.15. The first-order valence-electron chi connectivity index (χ1n) is 5.71. The summed E-state index contributed by atoms with van der Waals surface area (Å²) in [4.78, 5) is 0. The Kier molecular flexibility index (Phi) is 5.45. The van der Waals surface area contributed by atoms with Crippen LogP contribution < -0.4 is 5.32 Å². The summed E-state index contributed by atoms with van der Waals surface area (Å²) in [7, 11) is 0. The number of hydrogen-bond acceptors (Lipinski definition) is 3. The van der Waals surface area contributed by atoms with Crippen LogP contribution in [0.5, 0.6) is 0 Å². The molecule has 14 heavy (non-hydrogen) atoms. The standard InChI is InChI=1S/C11H23NO2/c1-9(7-10(2)13)12-8-11-5-3-4-6-14-11/h9-13H,3-8H2,1-2H3. The fourth-order valence-electron chi connectivity index (χ4n) is 1.90. The van der Waals surface area contributed by atoms with E-state index in [4.69, 9.17) is 4.74 Å². The van der Waals surface area contributed by atoms with Crippen molar-refractivity contribution in [2.75, 3.05) is 13.2 Å². The van der Waals surface area contributed by atoms with Gasteiger partial charge in [0.2, 0.25) is 0 Å². The number of aliphatic hydroxyl groups excluding tert-OH is 1. The Bertz CT molecular complexity index is 144. The van der Waals surface area contributed by atoms with Crippen LogP contribution in [-0.4, -0.2) is 36.5 Å². The maximum atomic E-state index is 9.19. The summed E-state index contributed by atoms with van der Waals surface area (Å²) in [5.41, 5.74) is 0. The molecule has 1 aliphatic rings. The first-order chi connectivity index (χ1) is 6.68. The number of hydrogen-bond donors (Lipinski definition) is 2. The van der Waals surface area contributed by atoms with Gasteiger partial charge in [-0.15, -0.1) is 0 Å². The van der Waals surface area contributed by atoms with Gasteiger partial charge in [-0.3, -0.25) is 0 Å². The molecule has 3 nitrogen and oxygen atoms in total. The van der Waals surface area contributed by atoms with E-state index in [1.165, 1.54) is 19.3 Å². The first kappa shape index (κ1) is 12.0. The van der Waals surface area contributed by atoms with Crippen molar-refractivity contribution >= 4 is 0 Å². The van der Waals surface area contributed by atoms with Crippen LogP contribution in [0.25, 0.3) is 0 Å². The fraction of sp³-hybridized carbons (Fsp3) is 1.00. The maximum Gasteiger partial charge on any atom is 0.0699 e. The van der Waals surface area contributed by atoms with E-state index in [1.54, 1.807) is 0 Å². The summed E-state index contributed by atoms with van der Waals surface area (Å²) in [5, 5.41) is 12.6. The smallest absolute Gasteiger partial charge is 0.0699 e. The van der Waals surface area contributed by atoms with Gasteiger partial charge in [-0.05, 0) is 39.5 Å². The van der Waals surface area contributed by atoms with E-state index in [9.17, 15) is 5.11 Å². The first-order valence-corrected chi connectivity index (χ1v) is 5.71. The van der Waals surface area contributed by atoms with Gasteiger partial charge in [-0.25, -0.2) is 0 Å². The molecule has 3 heteroatoms. The van der Waals surface area contributed by atoms with E-state index in [2.05, 4.69) is 12.2 Å². The van der Waals surface area contributed by atoms with Crippen molar-refractivity contribution < 1.29 is 9.84 Å². The molecular formula is C11H23NO2. The predicted octanol–water partition coefficient (Wildman–Crippen LogP) is 1.30. The molecule has 1 saturated heterocycles. The maximum absolute atomic E-state index is 9.19. The Balaban J connectivity index is 2.06. The van der Waals surface area contributed by atoms with Gasteiger partial charge in [0, 0.05) is 19.2 Å². The third kappa shape index (κ3) is 4.94. The Morgan fingerprint density at radius 2 is 2.21 bits per heavy atom. The van der Waals surface area contributed by atoms with Gasteiger partial charge in [0.15, 0.2) is 0 Å². The highest BCUT2D eigenvalue weighted by atomic mass is 16.5. The molecule has 0 aromatic heterocycles. The molecule has 0 spiro atoms. The summed E-state index contributed by atoms with van der Waals surface area (Å²) in [5.74, 6) is 0.